The van der Waals surface area contributed by atoms with Crippen molar-refractivity contribution in [1.29, 1.82) is 0 Å². The minimum atomic E-state index is -4.08. The van der Waals surface area contributed by atoms with E-state index in [9.17, 15) is 22.0 Å². The van der Waals surface area contributed by atoms with Crippen molar-refractivity contribution >= 4 is 44.6 Å². The molecule has 0 unspecified atom stereocenters. The van der Waals surface area contributed by atoms with Gasteiger partial charge in [0.05, 0.1) is 11.4 Å². The third kappa shape index (κ3) is 5.19. The van der Waals surface area contributed by atoms with Crippen LogP contribution in [0.3, 0.4) is 0 Å². The van der Waals surface area contributed by atoms with Gasteiger partial charge in [-0.1, -0.05) is 11.6 Å². The molecule has 10 heteroatoms. The second kappa shape index (κ2) is 9.01. The number of sulfonamides is 1. The number of nitrogens with zero attached hydrogens (tertiary/aromatic N) is 1. The van der Waals surface area contributed by atoms with E-state index in [0.717, 1.165) is 16.4 Å². The summed E-state index contributed by atoms with van der Waals surface area (Å²) in [7, 11) is -1.54. The van der Waals surface area contributed by atoms with Gasteiger partial charge in [0.15, 0.2) is 0 Å². The standard InChI is InChI=1S/C21H18ClF2N3O3S/c1-27(2)31(29,30)20-11-13(3-9-17(20)24)21(28)26-18-10-4-14(22)12-19(18)25-16-7-5-15(23)6-8-16/h3-12,25H,1-2H3,(H,26,28). The van der Waals surface area contributed by atoms with E-state index in [1.807, 2.05) is 0 Å². The molecule has 3 aromatic rings. The number of rotatable bonds is 6. The third-order valence-electron chi connectivity index (χ3n) is 4.31. The Balaban J connectivity index is 1.91. The van der Waals surface area contributed by atoms with Crippen LogP contribution in [0.1, 0.15) is 10.4 Å². The Labute approximate surface area is 183 Å². The van der Waals surface area contributed by atoms with E-state index in [1.165, 1.54) is 44.4 Å². The first-order chi connectivity index (χ1) is 14.6. The van der Waals surface area contributed by atoms with Gasteiger partial charge in [-0.15, -0.1) is 0 Å². The minimum Gasteiger partial charge on any atom is -0.354 e. The molecule has 2 N–H and O–H groups in total. The molecule has 0 spiro atoms. The van der Waals surface area contributed by atoms with Crippen LogP contribution in [0.4, 0.5) is 25.8 Å². The van der Waals surface area contributed by atoms with Crippen LogP contribution in [-0.4, -0.2) is 32.7 Å². The first-order valence-corrected chi connectivity index (χ1v) is 10.8. The van der Waals surface area contributed by atoms with E-state index in [0.29, 0.717) is 22.1 Å². The van der Waals surface area contributed by atoms with Crippen LogP contribution in [-0.2, 0) is 10.0 Å². The van der Waals surface area contributed by atoms with Gasteiger partial charge in [0.25, 0.3) is 5.91 Å². The number of halogens is 3. The van der Waals surface area contributed by atoms with Crippen LogP contribution in [0.2, 0.25) is 5.02 Å². The minimum absolute atomic E-state index is 0.0514. The van der Waals surface area contributed by atoms with Crippen molar-refractivity contribution in [2.45, 2.75) is 4.90 Å². The van der Waals surface area contributed by atoms with Crippen molar-refractivity contribution < 1.29 is 22.0 Å². The van der Waals surface area contributed by atoms with E-state index >= 15 is 0 Å². The molecule has 6 nitrogen and oxygen atoms in total. The predicted molar refractivity (Wildman–Crippen MR) is 116 cm³/mol. The zero-order chi connectivity index (χ0) is 22.8. The summed E-state index contributed by atoms with van der Waals surface area (Å²) >= 11 is 6.05. The zero-order valence-electron chi connectivity index (χ0n) is 16.5. The molecule has 0 aliphatic heterocycles. The highest BCUT2D eigenvalue weighted by molar-refractivity contribution is 7.89. The zero-order valence-corrected chi connectivity index (χ0v) is 18.1. The molecule has 0 bridgehead atoms. The lowest BCUT2D eigenvalue weighted by Crippen LogP contribution is -2.24. The van der Waals surface area contributed by atoms with E-state index in [4.69, 9.17) is 11.6 Å². The van der Waals surface area contributed by atoms with Gasteiger partial charge in [0, 0.05) is 30.4 Å². The Morgan fingerprint density at radius 1 is 0.935 bits per heavy atom. The maximum Gasteiger partial charge on any atom is 0.255 e. The molecule has 0 heterocycles. The largest absolute Gasteiger partial charge is 0.354 e. The van der Waals surface area contributed by atoms with Gasteiger partial charge in [-0.2, -0.15) is 0 Å². The normalized spacial score (nSPS) is 11.4. The lowest BCUT2D eigenvalue weighted by atomic mass is 10.2. The number of benzene rings is 3. The van der Waals surface area contributed by atoms with Crippen molar-refractivity contribution in [3.05, 3.63) is 82.9 Å². The van der Waals surface area contributed by atoms with E-state index in [1.54, 1.807) is 18.2 Å². The van der Waals surface area contributed by atoms with Crippen LogP contribution in [0.5, 0.6) is 0 Å². The Bertz CT molecular complexity index is 1230. The predicted octanol–water partition coefficient (Wildman–Crippen LogP) is 4.86. The van der Waals surface area contributed by atoms with Crippen LogP contribution >= 0.6 is 11.6 Å². The van der Waals surface area contributed by atoms with Crippen molar-refractivity contribution in [1.82, 2.24) is 4.31 Å². The second-order valence-corrected chi connectivity index (χ2v) is 9.27. The molecule has 0 aromatic heterocycles. The average molecular weight is 466 g/mol. The highest BCUT2D eigenvalue weighted by Gasteiger charge is 2.23. The smallest absolute Gasteiger partial charge is 0.255 e. The van der Waals surface area contributed by atoms with Crippen LogP contribution in [0.15, 0.2) is 65.6 Å². The number of carbonyl (C=O) groups is 1. The molecule has 0 saturated heterocycles. The molecular formula is C21H18ClF2N3O3S. The summed E-state index contributed by atoms with van der Waals surface area (Å²) in [5.74, 6) is -2.01. The van der Waals surface area contributed by atoms with E-state index in [-0.39, 0.29) is 5.56 Å². The summed E-state index contributed by atoms with van der Waals surface area (Å²) in [4.78, 5) is 12.2. The Hall–Kier alpha value is -3.01. The number of amides is 1. The fourth-order valence-electron chi connectivity index (χ4n) is 2.65. The Morgan fingerprint density at radius 3 is 2.26 bits per heavy atom. The number of anilines is 3. The monoisotopic (exact) mass is 465 g/mol. The van der Waals surface area contributed by atoms with Crippen LogP contribution in [0.25, 0.3) is 0 Å². The van der Waals surface area contributed by atoms with Gasteiger partial charge in [0.1, 0.15) is 16.5 Å². The molecule has 0 aliphatic carbocycles. The maximum absolute atomic E-state index is 14.1. The quantitative estimate of drug-likeness (QED) is 0.544. The summed E-state index contributed by atoms with van der Waals surface area (Å²) < 4.78 is 52.7. The van der Waals surface area contributed by atoms with Crippen molar-refractivity contribution in [2.24, 2.45) is 0 Å². The van der Waals surface area contributed by atoms with Crippen molar-refractivity contribution in [2.75, 3.05) is 24.7 Å². The molecule has 0 fully saturated rings. The molecule has 0 atom stereocenters. The summed E-state index contributed by atoms with van der Waals surface area (Å²) in [5.41, 5.74) is 1.26. The van der Waals surface area contributed by atoms with Gasteiger partial charge >= 0.3 is 0 Å². The summed E-state index contributed by atoms with van der Waals surface area (Å²) in [5, 5.41) is 6.07. The molecule has 3 aromatic carbocycles. The van der Waals surface area contributed by atoms with E-state index in [2.05, 4.69) is 10.6 Å². The number of carbonyl (C=O) groups excluding carboxylic acids is 1. The van der Waals surface area contributed by atoms with Crippen molar-refractivity contribution in [3.8, 4) is 0 Å². The lowest BCUT2D eigenvalue weighted by molar-refractivity contribution is 0.102. The second-order valence-electron chi connectivity index (χ2n) is 6.71. The summed E-state index contributed by atoms with van der Waals surface area (Å²) in [6, 6.07) is 13.3. The van der Waals surface area contributed by atoms with Crippen LogP contribution < -0.4 is 10.6 Å². The SMILES string of the molecule is CN(C)S(=O)(=O)c1cc(C(=O)Nc2ccc(Cl)cc2Nc2ccc(F)cc2)ccc1F. The van der Waals surface area contributed by atoms with Crippen molar-refractivity contribution in [3.63, 3.8) is 0 Å². The van der Waals surface area contributed by atoms with E-state index < -0.39 is 32.5 Å². The molecule has 3 rings (SSSR count). The lowest BCUT2D eigenvalue weighted by Gasteiger charge is -2.15. The highest BCUT2D eigenvalue weighted by atomic mass is 35.5. The number of hydrogen-bond donors (Lipinski definition) is 2. The first-order valence-electron chi connectivity index (χ1n) is 8.93. The number of nitrogens with one attached hydrogen (secondary N) is 2. The number of hydrogen-bond acceptors (Lipinski definition) is 4. The van der Waals surface area contributed by atoms with Gasteiger partial charge in [-0.3, -0.25) is 4.79 Å². The summed E-state index contributed by atoms with van der Waals surface area (Å²) in [6.45, 7) is 0. The molecule has 162 valence electrons. The molecule has 1 amide bonds. The molecule has 31 heavy (non-hydrogen) atoms. The van der Waals surface area contributed by atoms with Gasteiger partial charge < -0.3 is 10.6 Å². The first kappa shape index (κ1) is 22.7. The molecular weight excluding hydrogens is 448 g/mol. The van der Waals surface area contributed by atoms with Gasteiger partial charge in [0.2, 0.25) is 10.0 Å². The van der Waals surface area contributed by atoms with Crippen LogP contribution in [0, 0.1) is 11.6 Å². The summed E-state index contributed by atoms with van der Waals surface area (Å²) in [6.07, 6.45) is 0. The molecule has 0 saturated carbocycles. The topological polar surface area (TPSA) is 78.5 Å². The molecule has 0 radical (unpaired) electrons. The van der Waals surface area contributed by atoms with Gasteiger partial charge in [-0.05, 0) is 60.7 Å². The van der Waals surface area contributed by atoms with Gasteiger partial charge in [-0.25, -0.2) is 21.5 Å². The average Bonchev–Trinajstić information content (AvgIpc) is 2.71. The maximum atomic E-state index is 14.1. The third-order valence-corrected chi connectivity index (χ3v) is 6.37. The molecule has 0 aliphatic rings. The Morgan fingerprint density at radius 2 is 1.61 bits per heavy atom. The fourth-order valence-corrected chi connectivity index (χ4v) is 3.81. The highest BCUT2D eigenvalue weighted by Crippen LogP contribution is 2.30. The fraction of sp³-hybridized carbons (Fsp3) is 0.0952. The Kier molecular flexibility index (Phi) is 6.59.